The first-order chi connectivity index (χ1) is 16.0. The first-order valence-corrected chi connectivity index (χ1v) is 11.4. The Kier molecular flexibility index (Phi) is 7.42. The molecule has 0 aliphatic rings. The van der Waals surface area contributed by atoms with Gasteiger partial charge in [0.2, 0.25) is 15.9 Å². The van der Waals surface area contributed by atoms with Gasteiger partial charge in [-0.2, -0.15) is 17.9 Å². The van der Waals surface area contributed by atoms with E-state index in [0.717, 1.165) is 18.2 Å². The number of furan rings is 1. The molecular formula is C22H20F3N3O5S. The lowest BCUT2D eigenvalue weighted by atomic mass is 10.2. The van der Waals surface area contributed by atoms with Crippen molar-refractivity contribution in [2.24, 2.45) is 0 Å². The van der Waals surface area contributed by atoms with E-state index in [1.807, 2.05) is 4.72 Å². The van der Waals surface area contributed by atoms with Gasteiger partial charge in [-0.15, -0.1) is 0 Å². The van der Waals surface area contributed by atoms with E-state index in [0.29, 0.717) is 17.3 Å². The van der Waals surface area contributed by atoms with Crippen molar-refractivity contribution in [3.05, 3.63) is 83.8 Å². The van der Waals surface area contributed by atoms with Gasteiger partial charge < -0.3 is 15.1 Å². The molecule has 0 saturated heterocycles. The van der Waals surface area contributed by atoms with Crippen LogP contribution in [0.5, 0.6) is 0 Å². The molecule has 180 valence electrons. The zero-order valence-electron chi connectivity index (χ0n) is 17.7. The Morgan fingerprint density at radius 1 is 1.00 bits per heavy atom. The van der Waals surface area contributed by atoms with Crippen molar-refractivity contribution in [1.29, 1.82) is 0 Å². The zero-order valence-corrected chi connectivity index (χ0v) is 18.5. The van der Waals surface area contributed by atoms with E-state index >= 15 is 0 Å². The fourth-order valence-electron chi connectivity index (χ4n) is 2.93. The summed E-state index contributed by atoms with van der Waals surface area (Å²) in [5.74, 6) is -1.02. The molecule has 34 heavy (non-hydrogen) atoms. The Hall–Kier alpha value is -3.64. The lowest BCUT2D eigenvalue weighted by Gasteiger charge is -2.17. The molecule has 3 N–H and O–H groups in total. The van der Waals surface area contributed by atoms with Crippen LogP contribution in [0.4, 0.5) is 18.9 Å². The standard InChI is InChI=1S/C22H20F3N3O5S/c1-14(28-34(31,32)19-7-3-2-5-17(19)22(23,24)25)20(29)26-13-15-8-10-16(11-9-15)27-21(30)18-6-4-12-33-18/h2-12,14,28H,13H2,1H3,(H,26,29)(H,27,30)/t14-/m0/s1. The topological polar surface area (TPSA) is 118 Å². The summed E-state index contributed by atoms with van der Waals surface area (Å²) >= 11 is 0. The van der Waals surface area contributed by atoms with Crippen molar-refractivity contribution in [1.82, 2.24) is 10.0 Å². The number of halogens is 3. The summed E-state index contributed by atoms with van der Waals surface area (Å²) < 4.78 is 71.4. The van der Waals surface area contributed by atoms with E-state index in [1.165, 1.54) is 19.3 Å². The SMILES string of the molecule is C[C@H](NS(=O)(=O)c1ccccc1C(F)(F)F)C(=O)NCc1ccc(NC(=O)c2ccco2)cc1. The van der Waals surface area contributed by atoms with Crippen LogP contribution in [0.1, 0.15) is 28.6 Å². The van der Waals surface area contributed by atoms with E-state index in [2.05, 4.69) is 10.6 Å². The molecule has 0 unspecified atom stereocenters. The van der Waals surface area contributed by atoms with E-state index < -0.39 is 44.5 Å². The van der Waals surface area contributed by atoms with Crippen LogP contribution < -0.4 is 15.4 Å². The van der Waals surface area contributed by atoms with Crippen LogP contribution in [0.3, 0.4) is 0 Å². The second kappa shape index (κ2) is 10.1. The third kappa shape index (κ3) is 6.23. The van der Waals surface area contributed by atoms with E-state index in [1.54, 1.807) is 30.3 Å². The van der Waals surface area contributed by atoms with Gasteiger partial charge in [0.1, 0.15) is 0 Å². The molecule has 0 fully saturated rings. The summed E-state index contributed by atoms with van der Waals surface area (Å²) in [6.45, 7) is 1.24. The number of benzene rings is 2. The maximum Gasteiger partial charge on any atom is 0.417 e. The molecule has 0 saturated carbocycles. The third-order valence-electron chi connectivity index (χ3n) is 4.63. The second-order valence-corrected chi connectivity index (χ2v) is 8.87. The van der Waals surface area contributed by atoms with Gasteiger partial charge in [-0.05, 0) is 48.9 Å². The number of rotatable bonds is 8. The van der Waals surface area contributed by atoms with Crippen LogP contribution in [-0.2, 0) is 27.5 Å². The van der Waals surface area contributed by atoms with Gasteiger partial charge in [-0.25, -0.2) is 8.42 Å². The quantitative estimate of drug-likeness (QED) is 0.442. The monoisotopic (exact) mass is 495 g/mol. The van der Waals surface area contributed by atoms with Gasteiger partial charge in [0.25, 0.3) is 5.91 Å². The molecule has 12 heteroatoms. The van der Waals surface area contributed by atoms with E-state index in [9.17, 15) is 31.2 Å². The van der Waals surface area contributed by atoms with E-state index in [4.69, 9.17) is 4.42 Å². The predicted octanol–water partition coefficient (Wildman–Crippen LogP) is 3.53. The first-order valence-electron chi connectivity index (χ1n) is 9.87. The highest BCUT2D eigenvalue weighted by Gasteiger charge is 2.37. The lowest BCUT2D eigenvalue weighted by Crippen LogP contribution is -2.44. The summed E-state index contributed by atoms with van der Waals surface area (Å²) in [7, 11) is -4.62. The number of hydrogen-bond donors (Lipinski definition) is 3. The zero-order chi connectivity index (χ0) is 24.9. The van der Waals surface area contributed by atoms with Crippen LogP contribution in [0, 0.1) is 0 Å². The number of sulfonamides is 1. The Labute approximate surface area is 193 Å². The summed E-state index contributed by atoms with van der Waals surface area (Å²) in [6, 6.07) is 11.9. The summed E-state index contributed by atoms with van der Waals surface area (Å²) in [4.78, 5) is 23.3. The van der Waals surface area contributed by atoms with Crippen LogP contribution in [0.15, 0.2) is 76.2 Å². The molecule has 2 aromatic carbocycles. The van der Waals surface area contributed by atoms with Crippen LogP contribution >= 0.6 is 0 Å². The molecule has 0 bridgehead atoms. The molecular weight excluding hydrogens is 475 g/mol. The van der Waals surface area contributed by atoms with Crippen LogP contribution in [-0.4, -0.2) is 26.3 Å². The Bertz CT molecular complexity index is 1260. The third-order valence-corrected chi connectivity index (χ3v) is 6.23. The van der Waals surface area contributed by atoms with Crippen molar-refractivity contribution in [3.63, 3.8) is 0 Å². The van der Waals surface area contributed by atoms with Crippen molar-refractivity contribution < 1.29 is 35.6 Å². The van der Waals surface area contributed by atoms with Gasteiger partial charge >= 0.3 is 6.18 Å². The fraction of sp³-hybridized carbons (Fsp3) is 0.182. The smallest absolute Gasteiger partial charge is 0.417 e. The molecule has 0 radical (unpaired) electrons. The number of nitrogens with one attached hydrogen (secondary N) is 3. The van der Waals surface area contributed by atoms with Crippen molar-refractivity contribution in [2.45, 2.75) is 30.6 Å². The van der Waals surface area contributed by atoms with Gasteiger partial charge in [-0.1, -0.05) is 24.3 Å². The number of carbonyl (C=O) groups is 2. The minimum Gasteiger partial charge on any atom is -0.459 e. The Balaban J connectivity index is 1.57. The average molecular weight is 495 g/mol. The molecule has 2 amide bonds. The summed E-state index contributed by atoms with van der Waals surface area (Å²) in [6.07, 6.45) is -3.50. The van der Waals surface area contributed by atoms with Crippen LogP contribution in [0.25, 0.3) is 0 Å². The molecule has 3 aromatic rings. The number of amides is 2. The van der Waals surface area contributed by atoms with Crippen molar-refractivity contribution in [3.8, 4) is 0 Å². The molecule has 3 rings (SSSR count). The predicted molar refractivity (Wildman–Crippen MR) is 116 cm³/mol. The molecule has 1 aromatic heterocycles. The maximum absolute atomic E-state index is 13.2. The normalized spacial score (nSPS) is 12.7. The van der Waals surface area contributed by atoms with Gasteiger partial charge in [0.05, 0.1) is 22.8 Å². The highest BCUT2D eigenvalue weighted by Crippen LogP contribution is 2.33. The van der Waals surface area contributed by atoms with Gasteiger partial charge in [-0.3, -0.25) is 9.59 Å². The van der Waals surface area contributed by atoms with Crippen molar-refractivity contribution in [2.75, 3.05) is 5.32 Å². The second-order valence-electron chi connectivity index (χ2n) is 7.18. The Morgan fingerprint density at radius 2 is 1.68 bits per heavy atom. The highest BCUT2D eigenvalue weighted by molar-refractivity contribution is 7.89. The largest absolute Gasteiger partial charge is 0.459 e. The average Bonchev–Trinajstić information content (AvgIpc) is 3.33. The summed E-state index contributed by atoms with van der Waals surface area (Å²) in [5.41, 5.74) is -0.197. The number of hydrogen-bond acceptors (Lipinski definition) is 5. The molecule has 0 aliphatic heterocycles. The van der Waals surface area contributed by atoms with Gasteiger partial charge in [0, 0.05) is 12.2 Å². The van der Waals surface area contributed by atoms with E-state index in [-0.39, 0.29) is 12.3 Å². The molecule has 1 heterocycles. The minimum atomic E-state index is -4.87. The number of alkyl halides is 3. The fourth-order valence-corrected chi connectivity index (χ4v) is 4.36. The Morgan fingerprint density at radius 3 is 2.29 bits per heavy atom. The van der Waals surface area contributed by atoms with Crippen molar-refractivity contribution >= 4 is 27.5 Å². The molecule has 1 atom stereocenters. The lowest BCUT2D eigenvalue weighted by molar-refractivity contribution is -0.139. The number of anilines is 1. The number of carbonyl (C=O) groups excluding carboxylic acids is 2. The maximum atomic E-state index is 13.2. The first kappa shape index (κ1) is 25.0. The summed E-state index contributed by atoms with van der Waals surface area (Å²) in [5, 5.41) is 5.14. The van der Waals surface area contributed by atoms with Gasteiger partial charge in [0.15, 0.2) is 5.76 Å². The highest BCUT2D eigenvalue weighted by atomic mass is 32.2. The van der Waals surface area contributed by atoms with Crippen LogP contribution in [0.2, 0.25) is 0 Å². The molecule has 0 aliphatic carbocycles. The molecule has 8 nitrogen and oxygen atoms in total. The molecule has 0 spiro atoms. The minimum absolute atomic E-state index is 0.0243.